The van der Waals surface area contributed by atoms with Gasteiger partial charge in [0.1, 0.15) is 11.5 Å². The van der Waals surface area contributed by atoms with Crippen molar-refractivity contribution in [2.45, 2.75) is 0 Å². The molecule has 2 aromatic rings. The number of phenolic OH excluding ortho intramolecular Hbond substituents is 2. The Bertz CT molecular complexity index is 597. The SMILES string of the molecule is Oc1ccc(N=Cc2cc(Br)cc(I)c2O)cc1. The Morgan fingerprint density at radius 2 is 1.78 bits per heavy atom. The van der Waals surface area contributed by atoms with Gasteiger partial charge in [-0.25, -0.2) is 0 Å². The predicted octanol–water partition coefficient (Wildman–Crippen LogP) is 4.22. The van der Waals surface area contributed by atoms with Crippen LogP contribution in [-0.2, 0) is 0 Å². The fourth-order valence-electron chi connectivity index (χ4n) is 1.37. The van der Waals surface area contributed by atoms with E-state index >= 15 is 0 Å². The lowest BCUT2D eigenvalue weighted by molar-refractivity contribution is 0.470. The highest BCUT2D eigenvalue weighted by molar-refractivity contribution is 14.1. The molecule has 2 N–H and O–H groups in total. The van der Waals surface area contributed by atoms with Crippen LogP contribution in [0.2, 0.25) is 0 Å². The Morgan fingerprint density at radius 3 is 2.44 bits per heavy atom. The molecular weight excluding hydrogens is 409 g/mol. The number of benzene rings is 2. The van der Waals surface area contributed by atoms with Gasteiger partial charge in [0.15, 0.2) is 0 Å². The van der Waals surface area contributed by atoms with E-state index in [1.807, 2.05) is 6.07 Å². The summed E-state index contributed by atoms with van der Waals surface area (Å²) in [6.07, 6.45) is 1.59. The number of aliphatic imine (C=N–C) groups is 1. The van der Waals surface area contributed by atoms with Crippen molar-refractivity contribution in [2.75, 3.05) is 0 Å². The molecule has 0 aliphatic heterocycles. The molecule has 0 unspecified atom stereocenters. The summed E-state index contributed by atoms with van der Waals surface area (Å²) < 4.78 is 1.64. The Balaban J connectivity index is 2.31. The number of rotatable bonds is 2. The second kappa shape index (κ2) is 5.71. The molecule has 0 aliphatic rings. The summed E-state index contributed by atoms with van der Waals surface area (Å²) in [5, 5.41) is 19.0. The van der Waals surface area contributed by atoms with Crippen LogP contribution in [0, 0.1) is 3.57 Å². The molecule has 0 aromatic heterocycles. The largest absolute Gasteiger partial charge is 0.508 e. The van der Waals surface area contributed by atoms with E-state index in [0.717, 1.165) is 8.04 Å². The van der Waals surface area contributed by atoms with Crippen LogP contribution in [0.15, 0.2) is 45.9 Å². The molecule has 0 spiro atoms. The van der Waals surface area contributed by atoms with Gasteiger partial charge in [-0.1, -0.05) is 15.9 Å². The molecule has 0 aliphatic carbocycles. The second-order valence-electron chi connectivity index (χ2n) is 3.60. The molecule has 18 heavy (non-hydrogen) atoms. The normalized spacial score (nSPS) is 11.0. The zero-order valence-electron chi connectivity index (χ0n) is 9.14. The molecule has 0 fully saturated rings. The van der Waals surface area contributed by atoms with Gasteiger partial charge in [-0.3, -0.25) is 4.99 Å². The highest BCUT2D eigenvalue weighted by atomic mass is 127. The molecule has 0 saturated heterocycles. The molecule has 2 aromatic carbocycles. The number of aromatic hydroxyl groups is 2. The van der Waals surface area contributed by atoms with Gasteiger partial charge in [-0.2, -0.15) is 0 Å². The maximum Gasteiger partial charge on any atom is 0.137 e. The Hall–Kier alpha value is -1.08. The van der Waals surface area contributed by atoms with E-state index in [9.17, 15) is 5.11 Å². The first-order valence-electron chi connectivity index (χ1n) is 5.07. The van der Waals surface area contributed by atoms with Crippen LogP contribution in [0.3, 0.4) is 0 Å². The van der Waals surface area contributed by atoms with Crippen molar-refractivity contribution >= 4 is 50.4 Å². The van der Waals surface area contributed by atoms with Crippen molar-refractivity contribution in [3.8, 4) is 11.5 Å². The third-order valence-electron chi connectivity index (χ3n) is 2.26. The minimum absolute atomic E-state index is 0.203. The van der Waals surface area contributed by atoms with Crippen LogP contribution in [0.1, 0.15) is 5.56 Å². The zero-order chi connectivity index (χ0) is 13.1. The average molecular weight is 418 g/mol. The summed E-state index contributed by atoms with van der Waals surface area (Å²) in [5.74, 6) is 0.412. The van der Waals surface area contributed by atoms with Crippen molar-refractivity contribution in [1.82, 2.24) is 0 Å². The quantitative estimate of drug-likeness (QED) is 0.567. The third-order valence-corrected chi connectivity index (χ3v) is 3.54. The van der Waals surface area contributed by atoms with Gasteiger partial charge in [0, 0.05) is 16.3 Å². The highest BCUT2D eigenvalue weighted by Crippen LogP contribution is 2.28. The number of hydrogen-bond acceptors (Lipinski definition) is 3. The van der Waals surface area contributed by atoms with E-state index in [2.05, 4.69) is 43.5 Å². The lowest BCUT2D eigenvalue weighted by atomic mass is 10.2. The Kier molecular flexibility index (Phi) is 4.23. The molecule has 5 heteroatoms. The van der Waals surface area contributed by atoms with E-state index in [0.29, 0.717) is 11.3 Å². The fourth-order valence-corrected chi connectivity index (χ4v) is 2.92. The van der Waals surface area contributed by atoms with E-state index < -0.39 is 0 Å². The van der Waals surface area contributed by atoms with Crippen LogP contribution >= 0.6 is 38.5 Å². The van der Waals surface area contributed by atoms with Crippen molar-refractivity contribution in [1.29, 1.82) is 0 Å². The summed E-state index contributed by atoms with van der Waals surface area (Å²) in [4.78, 5) is 4.24. The fraction of sp³-hybridized carbons (Fsp3) is 0. The average Bonchev–Trinajstić information content (AvgIpc) is 2.34. The van der Waals surface area contributed by atoms with Gasteiger partial charge in [0.05, 0.1) is 9.26 Å². The Labute approximate surface area is 126 Å². The highest BCUT2D eigenvalue weighted by Gasteiger charge is 2.05. The van der Waals surface area contributed by atoms with Crippen molar-refractivity contribution in [2.24, 2.45) is 4.99 Å². The van der Waals surface area contributed by atoms with Gasteiger partial charge < -0.3 is 10.2 Å². The topological polar surface area (TPSA) is 52.8 Å². The molecule has 0 amide bonds. The molecule has 0 saturated carbocycles. The first-order valence-corrected chi connectivity index (χ1v) is 6.94. The van der Waals surface area contributed by atoms with Crippen LogP contribution in [0.4, 0.5) is 5.69 Å². The molecule has 0 heterocycles. The zero-order valence-corrected chi connectivity index (χ0v) is 12.9. The molecule has 92 valence electrons. The molecule has 0 bridgehead atoms. The molecule has 0 radical (unpaired) electrons. The number of halogens is 2. The molecule has 0 atom stereocenters. The van der Waals surface area contributed by atoms with Crippen molar-refractivity contribution in [3.05, 3.63) is 50.0 Å². The van der Waals surface area contributed by atoms with Gasteiger partial charge in [0.25, 0.3) is 0 Å². The van der Waals surface area contributed by atoms with Crippen LogP contribution < -0.4 is 0 Å². The second-order valence-corrected chi connectivity index (χ2v) is 5.68. The van der Waals surface area contributed by atoms with Gasteiger partial charge in [-0.05, 0) is 59.0 Å². The summed E-state index contributed by atoms with van der Waals surface area (Å²) in [6.45, 7) is 0. The van der Waals surface area contributed by atoms with E-state index in [4.69, 9.17) is 5.11 Å². The number of nitrogens with zero attached hydrogens (tertiary/aromatic N) is 1. The van der Waals surface area contributed by atoms with Crippen LogP contribution in [0.5, 0.6) is 11.5 Å². The maximum absolute atomic E-state index is 9.88. The van der Waals surface area contributed by atoms with E-state index in [1.54, 1.807) is 36.5 Å². The third kappa shape index (κ3) is 3.23. The van der Waals surface area contributed by atoms with Crippen molar-refractivity contribution in [3.63, 3.8) is 0 Å². The van der Waals surface area contributed by atoms with Crippen molar-refractivity contribution < 1.29 is 10.2 Å². The predicted molar refractivity (Wildman–Crippen MR) is 83.9 cm³/mol. The first-order chi connectivity index (χ1) is 8.56. The summed E-state index contributed by atoms with van der Waals surface area (Å²) >= 11 is 5.43. The summed E-state index contributed by atoms with van der Waals surface area (Å²) in [7, 11) is 0. The van der Waals surface area contributed by atoms with Gasteiger partial charge >= 0.3 is 0 Å². The number of hydrogen-bond donors (Lipinski definition) is 2. The lowest BCUT2D eigenvalue weighted by Crippen LogP contribution is -1.86. The van der Waals surface area contributed by atoms with Gasteiger partial charge in [-0.15, -0.1) is 0 Å². The van der Waals surface area contributed by atoms with E-state index in [1.165, 1.54) is 0 Å². The molecular formula is C13H9BrINO2. The van der Waals surface area contributed by atoms with Gasteiger partial charge in [0.2, 0.25) is 0 Å². The minimum atomic E-state index is 0.203. The molecule has 3 nitrogen and oxygen atoms in total. The summed E-state index contributed by atoms with van der Waals surface area (Å²) in [5.41, 5.74) is 1.35. The van der Waals surface area contributed by atoms with E-state index in [-0.39, 0.29) is 11.5 Å². The smallest absolute Gasteiger partial charge is 0.137 e. The standard InChI is InChI=1S/C13H9BrINO2/c14-9-5-8(13(18)12(15)6-9)7-16-10-1-3-11(17)4-2-10/h1-7,17-18H. The monoisotopic (exact) mass is 417 g/mol. The van der Waals surface area contributed by atoms with Crippen LogP contribution in [0.25, 0.3) is 0 Å². The number of phenols is 2. The summed E-state index contributed by atoms with van der Waals surface area (Å²) in [6, 6.07) is 10.2. The van der Waals surface area contributed by atoms with Crippen LogP contribution in [-0.4, -0.2) is 16.4 Å². The maximum atomic E-state index is 9.88. The minimum Gasteiger partial charge on any atom is -0.508 e. The first kappa shape index (κ1) is 13.4. The lowest BCUT2D eigenvalue weighted by Gasteiger charge is -2.02. The molecule has 2 rings (SSSR count). The Morgan fingerprint density at radius 1 is 1.11 bits per heavy atom.